The van der Waals surface area contributed by atoms with Crippen molar-refractivity contribution < 1.29 is 33.4 Å². The maximum atomic E-state index is 13.1. The molecule has 0 spiro atoms. The number of esters is 1. The summed E-state index contributed by atoms with van der Waals surface area (Å²) in [5.74, 6) is -1.38. The minimum atomic E-state index is -0.752. The van der Waals surface area contributed by atoms with Crippen molar-refractivity contribution in [2.75, 3.05) is 25.7 Å². The maximum absolute atomic E-state index is 13.1. The van der Waals surface area contributed by atoms with Crippen LogP contribution in [-0.2, 0) is 9.53 Å². The molecule has 0 bridgehead atoms. The van der Waals surface area contributed by atoms with Crippen LogP contribution in [0.25, 0.3) is 0 Å². The number of rotatable bonds is 6. The lowest BCUT2D eigenvalue weighted by atomic mass is 9.91. The Hall–Kier alpha value is -3.68. The predicted molar refractivity (Wildman–Crippen MR) is 112 cm³/mol. The molecule has 0 fully saturated rings. The molecule has 8 nitrogen and oxygen atoms in total. The summed E-state index contributed by atoms with van der Waals surface area (Å²) in [4.78, 5) is 51.3. The fourth-order valence-corrected chi connectivity index (χ4v) is 2.99. The van der Waals surface area contributed by atoms with Gasteiger partial charge < -0.3 is 14.2 Å². The average Bonchev–Trinajstić information content (AvgIpc) is 3.00. The molecule has 8 heteroatoms. The van der Waals surface area contributed by atoms with Crippen LogP contribution in [0, 0.1) is 5.41 Å². The van der Waals surface area contributed by atoms with Gasteiger partial charge in [0, 0.05) is 11.5 Å². The second kappa shape index (κ2) is 8.22. The molecule has 31 heavy (non-hydrogen) atoms. The summed E-state index contributed by atoms with van der Waals surface area (Å²) < 4.78 is 15.6. The second-order valence-electron chi connectivity index (χ2n) is 7.99. The van der Waals surface area contributed by atoms with E-state index >= 15 is 0 Å². The van der Waals surface area contributed by atoms with E-state index in [0.29, 0.717) is 11.5 Å². The second-order valence-corrected chi connectivity index (χ2v) is 7.99. The van der Waals surface area contributed by atoms with E-state index in [-0.39, 0.29) is 34.8 Å². The number of carbonyl (C=O) groups is 4. The Bertz CT molecular complexity index is 1080. The predicted octanol–water partition coefficient (Wildman–Crippen LogP) is 3.28. The molecule has 1 aliphatic heterocycles. The van der Waals surface area contributed by atoms with E-state index in [1.54, 1.807) is 32.9 Å². The zero-order chi connectivity index (χ0) is 22.9. The Morgan fingerprint density at radius 1 is 0.903 bits per heavy atom. The molecule has 3 rings (SSSR count). The van der Waals surface area contributed by atoms with Crippen molar-refractivity contribution in [2.45, 2.75) is 20.8 Å². The molecule has 0 unspecified atom stereocenters. The molecule has 0 atom stereocenters. The monoisotopic (exact) mass is 425 g/mol. The number of hydrogen-bond donors (Lipinski definition) is 0. The highest BCUT2D eigenvalue weighted by atomic mass is 16.5. The standard InChI is InChI=1S/C23H23NO7/c1-23(2,3)19(25)12-31-22(28)13-6-8-15-16(10-13)21(27)24(20(15)26)17-11-14(29-4)7-9-18(17)30-5/h6-11H,12H2,1-5H3. The van der Waals surface area contributed by atoms with E-state index in [9.17, 15) is 19.2 Å². The number of fused-ring (bicyclic) bond motifs is 1. The third-order valence-electron chi connectivity index (χ3n) is 4.92. The van der Waals surface area contributed by atoms with Crippen LogP contribution < -0.4 is 14.4 Å². The zero-order valence-corrected chi connectivity index (χ0v) is 18.0. The lowest BCUT2D eigenvalue weighted by Gasteiger charge is -2.18. The van der Waals surface area contributed by atoms with E-state index in [1.807, 2.05) is 0 Å². The highest BCUT2D eigenvalue weighted by Crippen LogP contribution is 2.37. The van der Waals surface area contributed by atoms with Gasteiger partial charge in [0.15, 0.2) is 12.4 Å². The van der Waals surface area contributed by atoms with Crippen LogP contribution in [0.1, 0.15) is 51.8 Å². The third-order valence-corrected chi connectivity index (χ3v) is 4.92. The van der Waals surface area contributed by atoms with Crippen molar-refractivity contribution in [3.63, 3.8) is 0 Å². The first-order valence-electron chi connectivity index (χ1n) is 9.53. The van der Waals surface area contributed by atoms with Crippen molar-refractivity contribution in [3.05, 3.63) is 53.1 Å². The first kappa shape index (κ1) is 22.0. The topological polar surface area (TPSA) is 99.2 Å². The normalized spacial score (nSPS) is 13.1. The van der Waals surface area contributed by atoms with E-state index in [1.165, 1.54) is 38.5 Å². The van der Waals surface area contributed by atoms with Crippen molar-refractivity contribution in [1.82, 2.24) is 0 Å². The number of amides is 2. The number of anilines is 1. The lowest BCUT2D eigenvalue weighted by Crippen LogP contribution is -2.29. The highest BCUT2D eigenvalue weighted by Gasteiger charge is 2.39. The Balaban J connectivity index is 1.89. The average molecular weight is 425 g/mol. The molecule has 0 radical (unpaired) electrons. The van der Waals surface area contributed by atoms with Gasteiger partial charge in [0.05, 0.1) is 36.6 Å². The SMILES string of the molecule is COc1ccc(OC)c(N2C(=O)c3ccc(C(=O)OCC(=O)C(C)(C)C)cc3C2=O)c1. The number of methoxy groups -OCH3 is 2. The first-order chi connectivity index (χ1) is 14.6. The van der Waals surface area contributed by atoms with Gasteiger partial charge in [0.2, 0.25) is 0 Å². The van der Waals surface area contributed by atoms with Crippen molar-refractivity contribution in [2.24, 2.45) is 5.41 Å². The number of benzene rings is 2. The summed E-state index contributed by atoms with van der Waals surface area (Å²) in [5.41, 5.74) is -0.130. The molecule has 0 saturated heterocycles. The number of ketones is 1. The van der Waals surface area contributed by atoms with Gasteiger partial charge in [0.25, 0.3) is 11.8 Å². The summed E-state index contributed by atoms with van der Waals surface area (Å²) >= 11 is 0. The van der Waals surface area contributed by atoms with E-state index in [2.05, 4.69) is 0 Å². The molecule has 2 aromatic rings. The summed E-state index contributed by atoms with van der Waals surface area (Å²) in [6.45, 7) is 4.80. The molecule has 0 saturated carbocycles. The molecule has 0 aromatic heterocycles. The van der Waals surface area contributed by atoms with Crippen molar-refractivity contribution >= 4 is 29.3 Å². The molecule has 1 aliphatic rings. The molecule has 2 aromatic carbocycles. The van der Waals surface area contributed by atoms with Crippen LogP contribution in [0.5, 0.6) is 11.5 Å². The molecule has 0 aliphatic carbocycles. The molecule has 162 valence electrons. The number of nitrogens with zero attached hydrogens (tertiary/aromatic N) is 1. The van der Waals surface area contributed by atoms with Gasteiger partial charge in [0.1, 0.15) is 11.5 Å². The van der Waals surface area contributed by atoms with E-state index < -0.39 is 23.2 Å². The summed E-state index contributed by atoms with van der Waals surface area (Å²) in [7, 11) is 2.90. The smallest absolute Gasteiger partial charge is 0.338 e. The maximum Gasteiger partial charge on any atom is 0.338 e. The summed E-state index contributed by atoms with van der Waals surface area (Å²) in [6, 6.07) is 8.84. The fraction of sp³-hybridized carbons (Fsp3) is 0.304. The Morgan fingerprint density at radius 3 is 2.19 bits per heavy atom. The van der Waals surface area contributed by atoms with E-state index in [4.69, 9.17) is 14.2 Å². The number of ether oxygens (including phenoxy) is 3. The van der Waals surface area contributed by atoms with Gasteiger partial charge in [-0.2, -0.15) is 0 Å². The zero-order valence-electron chi connectivity index (χ0n) is 18.0. The van der Waals surface area contributed by atoms with Crippen molar-refractivity contribution in [3.8, 4) is 11.5 Å². The largest absolute Gasteiger partial charge is 0.497 e. The van der Waals surface area contributed by atoms with Crippen LogP contribution in [0.4, 0.5) is 5.69 Å². The highest BCUT2D eigenvalue weighted by molar-refractivity contribution is 6.35. The molecular formula is C23H23NO7. The number of imide groups is 1. The van der Waals surface area contributed by atoms with Crippen LogP contribution >= 0.6 is 0 Å². The first-order valence-corrected chi connectivity index (χ1v) is 9.53. The summed E-state index contributed by atoms with van der Waals surface area (Å²) in [5, 5.41) is 0. The molecule has 1 heterocycles. The van der Waals surface area contributed by atoms with Crippen molar-refractivity contribution in [1.29, 1.82) is 0 Å². The number of carbonyl (C=O) groups excluding carboxylic acids is 4. The number of Topliss-reactive ketones (excluding diaryl/α,β-unsaturated/α-hetero) is 1. The Morgan fingerprint density at radius 2 is 1.58 bits per heavy atom. The van der Waals surface area contributed by atoms with Gasteiger partial charge in [-0.05, 0) is 30.3 Å². The number of hydrogen-bond acceptors (Lipinski definition) is 7. The van der Waals surface area contributed by atoms with Gasteiger partial charge in [-0.1, -0.05) is 20.8 Å². The van der Waals surface area contributed by atoms with Gasteiger partial charge in [-0.25, -0.2) is 9.69 Å². The quantitative estimate of drug-likeness (QED) is 0.517. The van der Waals surface area contributed by atoms with Crippen LogP contribution in [0.2, 0.25) is 0 Å². The Labute approximate surface area is 179 Å². The van der Waals surface area contributed by atoms with Gasteiger partial charge in [-0.15, -0.1) is 0 Å². The molecular weight excluding hydrogens is 402 g/mol. The molecule has 0 N–H and O–H groups in total. The minimum Gasteiger partial charge on any atom is -0.497 e. The summed E-state index contributed by atoms with van der Waals surface area (Å²) in [6.07, 6.45) is 0. The van der Waals surface area contributed by atoms with Crippen LogP contribution in [0.15, 0.2) is 36.4 Å². The van der Waals surface area contributed by atoms with Gasteiger partial charge in [-0.3, -0.25) is 14.4 Å². The minimum absolute atomic E-state index is 0.0615. The Kier molecular flexibility index (Phi) is 5.83. The van der Waals surface area contributed by atoms with Crippen LogP contribution in [0.3, 0.4) is 0 Å². The lowest BCUT2D eigenvalue weighted by molar-refractivity contribution is -0.129. The van der Waals surface area contributed by atoms with Crippen LogP contribution in [-0.4, -0.2) is 44.4 Å². The third kappa shape index (κ3) is 4.14. The molecule has 2 amide bonds. The van der Waals surface area contributed by atoms with E-state index in [0.717, 1.165) is 4.90 Å². The fourth-order valence-electron chi connectivity index (χ4n) is 2.99. The van der Waals surface area contributed by atoms with Gasteiger partial charge >= 0.3 is 5.97 Å².